The average Bonchev–Trinajstić information content (AvgIpc) is 2.93. The summed E-state index contributed by atoms with van der Waals surface area (Å²) in [4.78, 5) is 0. The number of hydrogen-bond donors (Lipinski definition) is 1. The van der Waals surface area contributed by atoms with Crippen LogP contribution in [0.2, 0.25) is 0 Å². The van der Waals surface area contributed by atoms with Gasteiger partial charge in [-0.15, -0.1) is 0 Å². The molecule has 0 amide bonds. The Kier molecular flexibility index (Phi) is 3.95. The number of rotatable bonds is 7. The van der Waals surface area contributed by atoms with Crippen molar-refractivity contribution in [3.8, 4) is 0 Å². The zero-order valence-electron chi connectivity index (χ0n) is 9.17. The van der Waals surface area contributed by atoms with Crippen LogP contribution in [0.15, 0.2) is 0 Å². The molecule has 1 saturated carbocycles. The molecule has 0 bridgehead atoms. The van der Waals surface area contributed by atoms with Gasteiger partial charge in [0.1, 0.15) is 9.84 Å². The smallest absolute Gasteiger partial charge is 0.150 e. The Morgan fingerprint density at radius 1 is 1.29 bits per heavy atom. The molecule has 84 valence electrons. The highest BCUT2D eigenvalue weighted by Gasteiger charge is 2.42. The van der Waals surface area contributed by atoms with Crippen molar-refractivity contribution in [2.24, 2.45) is 5.41 Å². The van der Waals surface area contributed by atoms with Crippen molar-refractivity contribution in [2.75, 3.05) is 24.6 Å². The lowest BCUT2D eigenvalue weighted by Gasteiger charge is -2.14. The highest BCUT2D eigenvalue weighted by Crippen LogP contribution is 2.48. The molecule has 0 aromatic rings. The molecule has 1 aliphatic rings. The van der Waals surface area contributed by atoms with E-state index in [1.54, 1.807) is 6.92 Å². The van der Waals surface area contributed by atoms with Crippen LogP contribution in [0.5, 0.6) is 0 Å². The summed E-state index contributed by atoms with van der Waals surface area (Å²) in [6, 6.07) is 0. The minimum Gasteiger partial charge on any atom is -0.316 e. The first-order valence-electron chi connectivity index (χ1n) is 5.45. The van der Waals surface area contributed by atoms with Crippen LogP contribution >= 0.6 is 0 Å². The molecule has 0 saturated heterocycles. The van der Waals surface area contributed by atoms with Gasteiger partial charge in [0.25, 0.3) is 0 Å². The van der Waals surface area contributed by atoms with E-state index in [0.717, 1.165) is 19.5 Å². The van der Waals surface area contributed by atoms with Gasteiger partial charge in [0.05, 0.1) is 5.75 Å². The van der Waals surface area contributed by atoms with Crippen LogP contribution in [0.4, 0.5) is 0 Å². The summed E-state index contributed by atoms with van der Waals surface area (Å²) >= 11 is 0. The monoisotopic (exact) mass is 219 g/mol. The second-order valence-corrected chi connectivity index (χ2v) is 6.74. The first kappa shape index (κ1) is 12.0. The van der Waals surface area contributed by atoms with Gasteiger partial charge in [0.2, 0.25) is 0 Å². The molecule has 0 aromatic carbocycles. The van der Waals surface area contributed by atoms with Gasteiger partial charge in [0, 0.05) is 12.3 Å². The molecule has 0 unspecified atom stereocenters. The second kappa shape index (κ2) is 4.62. The standard InChI is InChI=1S/C10H21NO2S/c1-3-11-9-10(5-6-10)7-8-14(12,13)4-2/h11H,3-9H2,1-2H3. The number of nitrogens with one attached hydrogen (secondary N) is 1. The molecule has 0 radical (unpaired) electrons. The predicted molar refractivity (Wildman–Crippen MR) is 59.2 cm³/mol. The topological polar surface area (TPSA) is 46.2 Å². The molecule has 0 aliphatic heterocycles. The van der Waals surface area contributed by atoms with Crippen LogP contribution in [0.1, 0.15) is 33.1 Å². The van der Waals surface area contributed by atoms with Crippen LogP contribution in [0.3, 0.4) is 0 Å². The quantitative estimate of drug-likeness (QED) is 0.700. The van der Waals surface area contributed by atoms with E-state index in [4.69, 9.17) is 0 Å². The lowest BCUT2D eigenvalue weighted by atomic mass is 10.0. The number of sulfone groups is 1. The molecule has 1 N–H and O–H groups in total. The first-order valence-corrected chi connectivity index (χ1v) is 7.27. The van der Waals surface area contributed by atoms with E-state index in [0.29, 0.717) is 11.2 Å². The van der Waals surface area contributed by atoms with Gasteiger partial charge in [-0.1, -0.05) is 13.8 Å². The summed E-state index contributed by atoms with van der Waals surface area (Å²) in [5.74, 6) is 0.652. The normalized spacial score (nSPS) is 19.6. The Morgan fingerprint density at radius 3 is 2.36 bits per heavy atom. The largest absolute Gasteiger partial charge is 0.316 e. The van der Waals surface area contributed by atoms with E-state index in [2.05, 4.69) is 12.2 Å². The summed E-state index contributed by atoms with van der Waals surface area (Å²) in [7, 11) is -2.77. The number of hydrogen-bond acceptors (Lipinski definition) is 3. The molecular weight excluding hydrogens is 198 g/mol. The van der Waals surface area contributed by atoms with Crippen LogP contribution in [0.25, 0.3) is 0 Å². The summed E-state index contributed by atoms with van der Waals surface area (Å²) in [6.07, 6.45) is 3.23. The summed E-state index contributed by atoms with van der Waals surface area (Å²) in [5.41, 5.74) is 0.318. The van der Waals surface area contributed by atoms with Gasteiger partial charge >= 0.3 is 0 Å². The Balaban J connectivity index is 2.30. The fourth-order valence-electron chi connectivity index (χ4n) is 1.60. The first-order chi connectivity index (χ1) is 6.54. The van der Waals surface area contributed by atoms with Crippen LogP contribution in [-0.2, 0) is 9.84 Å². The van der Waals surface area contributed by atoms with Gasteiger partial charge in [-0.2, -0.15) is 0 Å². The van der Waals surface area contributed by atoms with Gasteiger partial charge in [-0.25, -0.2) is 8.42 Å². The lowest BCUT2D eigenvalue weighted by molar-refractivity contribution is 0.449. The van der Waals surface area contributed by atoms with E-state index < -0.39 is 9.84 Å². The molecular formula is C10H21NO2S. The fourth-order valence-corrected chi connectivity index (χ4v) is 2.63. The van der Waals surface area contributed by atoms with Crippen LogP contribution in [0, 0.1) is 5.41 Å². The minimum atomic E-state index is -2.77. The third-order valence-corrected chi connectivity index (χ3v) is 4.80. The van der Waals surface area contributed by atoms with E-state index >= 15 is 0 Å². The summed E-state index contributed by atoms with van der Waals surface area (Å²) in [5, 5.41) is 3.31. The highest BCUT2D eigenvalue weighted by atomic mass is 32.2. The Hall–Kier alpha value is -0.0900. The summed E-state index contributed by atoms with van der Waals surface area (Å²) < 4.78 is 22.7. The van der Waals surface area contributed by atoms with Gasteiger partial charge in [-0.3, -0.25) is 0 Å². The second-order valence-electron chi connectivity index (χ2n) is 4.27. The fraction of sp³-hybridized carbons (Fsp3) is 1.00. The molecule has 1 aliphatic carbocycles. The Morgan fingerprint density at radius 2 is 1.93 bits per heavy atom. The molecule has 0 spiro atoms. The molecule has 0 heterocycles. The third kappa shape index (κ3) is 3.58. The van der Waals surface area contributed by atoms with E-state index in [1.807, 2.05) is 0 Å². The van der Waals surface area contributed by atoms with Crippen molar-refractivity contribution < 1.29 is 8.42 Å². The van der Waals surface area contributed by atoms with Crippen LogP contribution in [-0.4, -0.2) is 33.0 Å². The maximum Gasteiger partial charge on any atom is 0.150 e. The van der Waals surface area contributed by atoms with E-state index in [-0.39, 0.29) is 5.75 Å². The zero-order chi connectivity index (χ0) is 10.7. The maximum atomic E-state index is 11.3. The minimum absolute atomic E-state index is 0.282. The molecule has 1 fully saturated rings. The lowest BCUT2D eigenvalue weighted by Crippen LogP contribution is -2.25. The zero-order valence-corrected chi connectivity index (χ0v) is 9.99. The van der Waals surface area contributed by atoms with Crippen molar-refractivity contribution in [3.63, 3.8) is 0 Å². The van der Waals surface area contributed by atoms with Crippen LogP contribution < -0.4 is 5.32 Å². The molecule has 4 heteroatoms. The van der Waals surface area contributed by atoms with Gasteiger partial charge in [-0.05, 0) is 31.2 Å². The molecule has 1 rings (SSSR count). The molecule has 0 aromatic heterocycles. The maximum absolute atomic E-state index is 11.3. The Labute approximate surface area is 87.2 Å². The molecule has 3 nitrogen and oxygen atoms in total. The summed E-state index contributed by atoms with van der Waals surface area (Å²) in [6.45, 7) is 5.77. The average molecular weight is 219 g/mol. The predicted octanol–water partition coefficient (Wildman–Crippen LogP) is 1.20. The highest BCUT2D eigenvalue weighted by molar-refractivity contribution is 7.91. The molecule has 0 atom stereocenters. The van der Waals surface area contributed by atoms with Crippen molar-refractivity contribution in [1.29, 1.82) is 0 Å². The SMILES string of the molecule is CCNCC1(CCS(=O)(=O)CC)CC1. The van der Waals surface area contributed by atoms with Gasteiger partial charge in [0.15, 0.2) is 0 Å². The van der Waals surface area contributed by atoms with E-state index in [9.17, 15) is 8.42 Å². The van der Waals surface area contributed by atoms with Gasteiger partial charge < -0.3 is 5.32 Å². The van der Waals surface area contributed by atoms with Crippen molar-refractivity contribution in [2.45, 2.75) is 33.1 Å². The Bertz CT molecular complexity index is 268. The van der Waals surface area contributed by atoms with Crippen molar-refractivity contribution >= 4 is 9.84 Å². The third-order valence-electron chi connectivity index (χ3n) is 3.09. The van der Waals surface area contributed by atoms with E-state index in [1.165, 1.54) is 12.8 Å². The van der Waals surface area contributed by atoms with Crippen molar-refractivity contribution in [3.05, 3.63) is 0 Å². The van der Waals surface area contributed by atoms with Crippen molar-refractivity contribution in [1.82, 2.24) is 5.32 Å². The molecule has 14 heavy (non-hydrogen) atoms.